The lowest BCUT2D eigenvalue weighted by molar-refractivity contribution is -0.220. The molecule has 0 heterocycles. The maximum atomic E-state index is 12.9. The highest BCUT2D eigenvalue weighted by atomic mass is 31.2. The molecule has 0 aromatic rings. The lowest BCUT2D eigenvalue weighted by Gasteiger charge is -2.41. The monoisotopic (exact) mass is 822 g/mol. The first-order valence-electron chi connectivity index (χ1n) is 22.6. The summed E-state index contributed by atoms with van der Waals surface area (Å²) in [5.41, 5.74) is 0. The molecule has 0 aromatic carbocycles. The molecule has 1 aliphatic carbocycles. The number of aliphatic hydroxyl groups excluding tert-OH is 6. The zero-order valence-electron chi connectivity index (χ0n) is 35.2. The van der Waals surface area contributed by atoms with Crippen LogP contribution < -0.4 is 5.32 Å². The number of carbonyl (C=O) groups is 1. The Balaban J connectivity index is 2.50. The van der Waals surface area contributed by atoms with Gasteiger partial charge in [-0.05, 0) is 19.3 Å². The minimum absolute atomic E-state index is 0.218. The molecule has 0 bridgehead atoms. The summed E-state index contributed by atoms with van der Waals surface area (Å²) in [6.45, 7) is 3.83. The molecule has 56 heavy (non-hydrogen) atoms. The van der Waals surface area contributed by atoms with Crippen molar-refractivity contribution in [3.05, 3.63) is 12.2 Å². The molecule has 1 saturated carbocycles. The Kier molecular flexibility index (Phi) is 32.1. The van der Waals surface area contributed by atoms with Crippen LogP contribution >= 0.6 is 7.82 Å². The zero-order valence-corrected chi connectivity index (χ0v) is 36.1. The summed E-state index contributed by atoms with van der Waals surface area (Å²) in [4.78, 5) is 23.3. The molecule has 13 heteroatoms. The van der Waals surface area contributed by atoms with Crippen molar-refractivity contribution in [3.63, 3.8) is 0 Å². The smallest absolute Gasteiger partial charge is 0.387 e. The van der Waals surface area contributed by atoms with E-state index in [0.29, 0.717) is 6.42 Å². The van der Waals surface area contributed by atoms with Gasteiger partial charge >= 0.3 is 7.82 Å². The Labute approximate surface area is 339 Å². The highest BCUT2D eigenvalue weighted by Gasteiger charge is 2.51. The number of hydrogen-bond acceptors (Lipinski definition) is 10. The molecule has 5 unspecified atom stereocenters. The van der Waals surface area contributed by atoms with E-state index in [9.17, 15) is 44.9 Å². The van der Waals surface area contributed by atoms with E-state index < -0.39 is 63.2 Å². The number of allylic oxidation sites excluding steroid dienone is 1. The van der Waals surface area contributed by atoms with Crippen LogP contribution in [0.2, 0.25) is 0 Å². The van der Waals surface area contributed by atoms with Crippen LogP contribution in [-0.4, -0.2) is 96.8 Å². The number of aliphatic hydroxyl groups is 6. The summed E-state index contributed by atoms with van der Waals surface area (Å²) >= 11 is 0. The number of amides is 1. The van der Waals surface area contributed by atoms with E-state index >= 15 is 0 Å². The van der Waals surface area contributed by atoms with Crippen LogP contribution in [0.1, 0.15) is 200 Å². The molecule has 0 radical (unpaired) electrons. The van der Waals surface area contributed by atoms with Gasteiger partial charge in [0.25, 0.3) is 0 Å². The summed E-state index contributed by atoms with van der Waals surface area (Å²) < 4.78 is 22.9. The average molecular weight is 822 g/mol. The quantitative estimate of drug-likeness (QED) is 0.0171. The van der Waals surface area contributed by atoms with E-state index in [1.54, 1.807) is 0 Å². The number of hydrogen-bond donors (Lipinski definition) is 8. The Bertz CT molecular complexity index is 1000. The molecule has 1 amide bonds. The van der Waals surface area contributed by atoms with Crippen LogP contribution in [0, 0.1) is 0 Å². The van der Waals surface area contributed by atoms with Gasteiger partial charge in [0, 0.05) is 6.42 Å². The fourth-order valence-corrected chi connectivity index (χ4v) is 8.28. The molecule has 0 aromatic heterocycles. The molecule has 9 atom stereocenters. The van der Waals surface area contributed by atoms with Crippen LogP contribution in [0.3, 0.4) is 0 Å². The number of phosphoric acid groups is 1. The first-order valence-corrected chi connectivity index (χ1v) is 24.1. The van der Waals surface area contributed by atoms with Gasteiger partial charge in [-0.2, -0.15) is 0 Å². The van der Waals surface area contributed by atoms with Crippen molar-refractivity contribution in [2.75, 3.05) is 6.61 Å². The minimum Gasteiger partial charge on any atom is -0.387 e. The van der Waals surface area contributed by atoms with Crippen LogP contribution in [0.5, 0.6) is 0 Å². The average Bonchev–Trinajstić information content (AvgIpc) is 3.18. The molecule has 1 rings (SSSR count). The normalized spacial score (nSPS) is 23.7. The summed E-state index contributed by atoms with van der Waals surface area (Å²) in [6.07, 6.45) is 24.2. The first kappa shape index (κ1) is 53.1. The van der Waals surface area contributed by atoms with Gasteiger partial charge in [-0.15, -0.1) is 0 Å². The second-order valence-corrected chi connectivity index (χ2v) is 17.7. The number of nitrogens with one attached hydrogen (secondary N) is 1. The Morgan fingerprint density at radius 2 is 0.946 bits per heavy atom. The summed E-state index contributed by atoms with van der Waals surface area (Å²) in [7, 11) is -5.07. The fourth-order valence-electron chi connectivity index (χ4n) is 7.31. The van der Waals surface area contributed by atoms with Crippen molar-refractivity contribution in [1.29, 1.82) is 0 Å². The standard InChI is InChI=1S/C43H84NO11P/c1-3-5-7-9-11-13-15-17-18-19-21-23-25-27-29-31-33-37(46)44-35(36(45)32-30-28-26-24-22-20-16-14-12-10-8-6-4-2)34-54-56(52,53)55-43-41(50)39(48)38(47)40(49)42(43)51/h30,32,35-36,38-43,45,47-51H,3-29,31,33-34H2,1-2H3,(H,44,46)(H,52,53)/b32-30+/t35?,36?,38?,39-,40+,41-,42-,43?/m1/s1. The molecule has 0 aliphatic heterocycles. The highest BCUT2D eigenvalue weighted by molar-refractivity contribution is 7.47. The van der Waals surface area contributed by atoms with E-state index in [1.807, 2.05) is 6.08 Å². The van der Waals surface area contributed by atoms with E-state index in [2.05, 4.69) is 19.2 Å². The van der Waals surface area contributed by atoms with Crippen molar-refractivity contribution in [2.24, 2.45) is 0 Å². The lowest BCUT2D eigenvalue weighted by atomic mass is 9.85. The van der Waals surface area contributed by atoms with Gasteiger partial charge in [0.1, 0.15) is 36.6 Å². The van der Waals surface area contributed by atoms with Crippen molar-refractivity contribution in [1.82, 2.24) is 5.32 Å². The van der Waals surface area contributed by atoms with Crippen molar-refractivity contribution >= 4 is 13.7 Å². The SMILES string of the molecule is CCCCCCCCCCCCC/C=C/C(O)C(COP(=O)(O)OC1[C@H](O)[C@H](O)C(O)[C@H](O)[C@H]1O)NC(=O)CCCCCCCCCCCCCCCCCC. The molecule has 1 aliphatic rings. The fraction of sp³-hybridized carbons (Fsp3) is 0.930. The second kappa shape index (κ2) is 33.9. The minimum atomic E-state index is -5.07. The van der Waals surface area contributed by atoms with Gasteiger partial charge in [-0.25, -0.2) is 4.57 Å². The third kappa shape index (κ3) is 25.5. The number of carbonyl (C=O) groups excluding carboxylic acids is 1. The maximum Gasteiger partial charge on any atom is 0.472 e. The Morgan fingerprint density at radius 1 is 0.589 bits per heavy atom. The zero-order chi connectivity index (χ0) is 41.4. The molecular formula is C43H84NO11P. The van der Waals surface area contributed by atoms with E-state index in [4.69, 9.17) is 9.05 Å². The number of unbranched alkanes of at least 4 members (excludes halogenated alkanes) is 26. The molecular weight excluding hydrogens is 737 g/mol. The highest BCUT2D eigenvalue weighted by Crippen LogP contribution is 2.47. The van der Waals surface area contributed by atoms with E-state index in [1.165, 1.54) is 134 Å². The van der Waals surface area contributed by atoms with Crippen LogP contribution in [-0.2, 0) is 18.4 Å². The molecule has 0 spiro atoms. The van der Waals surface area contributed by atoms with Gasteiger partial charge in [-0.3, -0.25) is 13.8 Å². The molecule has 8 N–H and O–H groups in total. The third-order valence-corrected chi connectivity index (χ3v) is 12.1. The predicted octanol–water partition coefficient (Wildman–Crippen LogP) is 8.06. The number of rotatable bonds is 37. The van der Waals surface area contributed by atoms with Crippen LogP contribution in [0.25, 0.3) is 0 Å². The van der Waals surface area contributed by atoms with Crippen molar-refractivity contribution in [3.8, 4) is 0 Å². The largest absolute Gasteiger partial charge is 0.472 e. The van der Waals surface area contributed by atoms with E-state index in [-0.39, 0.29) is 12.3 Å². The van der Waals surface area contributed by atoms with Gasteiger partial charge in [0.05, 0.1) is 18.8 Å². The first-order chi connectivity index (χ1) is 26.9. The second-order valence-electron chi connectivity index (χ2n) is 16.3. The lowest BCUT2D eigenvalue weighted by Crippen LogP contribution is -2.64. The molecule has 332 valence electrons. The van der Waals surface area contributed by atoms with Gasteiger partial charge in [0.2, 0.25) is 5.91 Å². The Morgan fingerprint density at radius 3 is 1.36 bits per heavy atom. The van der Waals surface area contributed by atoms with Gasteiger partial charge in [0.15, 0.2) is 0 Å². The van der Waals surface area contributed by atoms with Gasteiger partial charge in [-0.1, -0.05) is 187 Å². The van der Waals surface area contributed by atoms with Crippen LogP contribution in [0.15, 0.2) is 12.2 Å². The van der Waals surface area contributed by atoms with Gasteiger partial charge < -0.3 is 40.8 Å². The Hall–Kier alpha value is -0.920. The maximum absolute atomic E-state index is 12.9. The summed E-state index contributed by atoms with van der Waals surface area (Å²) in [5, 5.41) is 63.9. The molecule has 1 fully saturated rings. The topological polar surface area (TPSA) is 206 Å². The van der Waals surface area contributed by atoms with Crippen LogP contribution in [0.4, 0.5) is 0 Å². The third-order valence-electron chi connectivity index (χ3n) is 11.1. The molecule has 0 saturated heterocycles. The number of phosphoric ester groups is 1. The summed E-state index contributed by atoms with van der Waals surface area (Å²) in [5.74, 6) is -0.339. The van der Waals surface area contributed by atoms with E-state index in [0.717, 1.165) is 44.9 Å². The molecule has 12 nitrogen and oxygen atoms in total. The van der Waals surface area contributed by atoms with Crippen molar-refractivity contribution < 1.29 is 53.9 Å². The van der Waals surface area contributed by atoms with Crippen molar-refractivity contribution in [2.45, 2.75) is 249 Å². The predicted molar refractivity (Wildman–Crippen MR) is 223 cm³/mol. The summed E-state index contributed by atoms with van der Waals surface area (Å²) in [6, 6.07) is -1.11.